The van der Waals surface area contributed by atoms with Gasteiger partial charge in [-0.1, -0.05) is 49.3 Å². The fourth-order valence-corrected chi connectivity index (χ4v) is 3.21. The van der Waals surface area contributed by atoms with E-state index in [0.29, 0.717) is 18.3 Å². The summed E-state index contributed by atoms with van der Waals surface area (Å²) in [7, 11) is 1.57. The number of likely N-dealkylation sites (tertiary alicyclic amines) is 1. The molecule has 1 aliphatic heterocycles. The third kappa shape index (κ3) is 3.90. The number of methoxy groups -OCH3 is 1. The second-order valence-electron chi connectivity index (χ2n) is 6.80. The zero-order valence-corrected chi connectivity index (χ0v) is 15.0. The third-order valence-corrected chi connectivity index (χ3v) is 4.61. The second kappa shape index (κ2) is 7.78. The second-order valence-corrected chi connectivity index (χ2v) is 6.80. The van der Waals surface area contributed by atoms with Gasteiger partial charge in [0.15, 0.2) is 11.9 Å². The monoisotopic (exact) mass is 343 g/mol. The fourth-order valence-electron chi connectivity index (χ4n) is 3.21. The van der Waals surface area contributed by atoms with Crippen molar-refractivity contribution < 1.29 is 14.1 Å². The van der Waals surface area contributed by atoms with E-state index in [1.165, 1.54) is 0 Å². The Kier molecular flexibility index (Phi) is 5.48. The van der Waals surface area contributed by atoms with Gasteiger partial charge in [-0.2, -0.15) is 4.98 Å². The van der Waals surface area contributed by atoms with Crippen molar-refractivity contribution in [1.29, 1.82) is 0 Å². The minimum Gasteiger partial charge on any atom is -0.367 e. The molecule has 1 amide bonds. The van der Waals surface area contributed by atoms with Gasteiger partial charge in [0.2, 0.25) is 5.89 Å². The Balaban J connectivity index is 1.72. The summed E-state index contributed by atoms with van der Waals surface area (Å²) >= 11 is 0. The number of benzene rings is 1. The van der Waals surface area contributed by atoms with Crippen molar-refractivity contribution in [3.63, 3.8) is 0 Å². The maximum atomic E-state index is 13.0. The quantitative estimate of drug-likeness (QED) is 0.833. The van der Waals surface area contributed by atoms with E-state index >= 15 is 0 Å². The molecular formula is C19H25N3O3. The van der Waals surface area contributed by atoms with Crippen LogP contribution in [0.15, 0.2) is 34.9 Å². The van der Waals surface area contributed by atoms with Gasteiger partial charge in [0.05, 0.1) is 0 Å². The first-order chi connectivity index (χ1) is 12.1. The summed E-state index contributed by atoms with van der Waals surface area (Å²) in [4.78, 5) is 19.3. The Morgan fingerprint density at radius 1 is 1.32 bits per heavy atom. The molecule has 2 atom stereocenters. The van der Waals surface area contributed by atoms with Crippen LogP contribution in [0.3, 0.4) is 0 Å². The lowest BCUT2D eigenvalue weighted by Gasteiger charge is -2.33. The molecule has 25 heavy (non-hydrogen) atoms. The molecule has 3 rings (SSSR count). The number of rotatable bonds is 5. The molecule has 0 spiro atoms. The summed E-state index contributed by atoms with van der Waals surface area (Å²) in [6, 6.07) is 9.60. The number of carbonyl (C=O) groups is 1. The molecule has 1 aliphatic rings. The van der Waals surface area contributed by atoms with Crippen LogP contribution in [0.4, 0.5) is 0 Å². The molecule has 0 saturated carbocycles. The molecule has 6 nitrogen and oxygen atoms in total. The molecule has 0 radical (unpaired) electrons. The van der Waals surface area contributed by atoms with Crippen LogP contribution in [0, 0.1) is 0 Å². The van der Waals surface area contributed by atoms with Gasteiger partial charge in [-0.25, -0.2) is 0 Å². The highest BCUT2D eigenvalue weighted by Gasteiger charge is 2.32. The van der Waals surface area contributed by atoms with Crippen LogP contribution in [-0.4, -0.2) is 41.1 Å². The van der Waals surface area contributed by atoms with E-state index in [2.05, 4.69) is 10.1 Å². The van der Waals surface area contributed by atoms with Crippen LogP contribution >= 0.6 is 0 Å². The van der Waals surface area contributed by atoms with Crippen LogP contribution in [0.25, 0.3) is 0 Å². The molecule has 0 unspecified atom stereocenters. The van der Waals surface area contributed by atoms with Crippen LogP contribution in [0.5, 0.6) is 0 Å². The molecule has 0 N–H and O–H groups in total. The lowest BCUT2D eigenvalue weighted by Crippen LogP contribution is -2.42. The first-order valence-electron chi connectivity index (χ1n) is 8.80. The minimum atomic E-state index is -0.573. The zero-order chi connectivity index (χ0) is 17.8. The van der Waals surface area contributed by atoms with Gasteiger partial charge in [0.25, 0.3) is 5.91 Å². The number of amides is 1. The standard InChI is InChI=1S/C19H25N3O3/c1-13(2)18-20-17(21-25-18)15-10-7-11-22(12-15)19(23)16(24-3)14-8-5-4-6-9-14/h4-6,8-9,13,15-16H,7,10-12H2,1-3H3/t15-,16+/m0/s1. The summed E-state index contributed by atoms with van der Waals surface area (Å²) in [5.41, 5.74) is 0.874. The predicted octanol–water partition coefficient (Wildman–Crippen LogP) is 3.29. The van der Waals surface area contributed by atoms with Crippen LogP contribution < -0.4 is 0 Å². The number of hydrogen-bond acceptors (Lipinski definition) is 5. The number of hydrogen-bond donors (Lipinski definition) is 0. The van der Waals surface area contributed by atoms with E-state index in [4.69, 9.17) is 9.26 Å². The maximum absolute atomic E-state index is 13.0. The number of carbonyl (C=O) groups excluding carboxylic acids is 1. The predicted molar refractivity (Wildman–Crippen MR) is 93.1 cm³/mol. The summed E-state index contributed by atoms with van der Waals surface area (Å²) < 4.78 is 10.8. The van der Waals surface area contributed by atoms with Gasteiger partial charge < -0.3 is 14.2 Å². The van der Waals surface area contributed by atoms with Gasteiger partial charge in [-0.15, -0.1) is 0 Å². The average Bonchev–Trinajstić information content (AvgIpc) is 3.14. The average molecular weight is 343 g/mol. The SMILES string of the molecule is CO[C@@H](C(=O)N1CCC[C@H](c2noc(C(C)C)n2)C1)c1ccccc1. The van der Waals surface area contributed by atoms with Crippen molar-refractivity contribution >= 4 is 5.91 Å². The van der Waals surface area contributed by atoms with Crippen molar-refractivity contribution in [2.45, 2.75) is 44.6 Å². The molecule has 0 aliphatic carbocycles. The summed E-state index contributed by atoms with van der Waals surface area (Å²) in [6.07, 6.45) is 1.31. The van der Waals surface area contributed by atoms with Crippen molar-refractivity contribution in [2.24, 2.45) is 0 Å². The molecule has 2 aromatic rings. The first-order valence-corrected chi connectivity index (χ1v) is 8.80. The maximum Gasteiger partial charge on any atom is 0.256 e. The van der Waals surface area contributed by atoms with E-state index in [-0.39, 0.29) is 17.7 Å². The minimum absolute atomic E-state index is 0.00835. The molecule has 1 fully saturated rings. The van der Waals surface area contributed by atoms with E-state index < -0.39 is 6.10 Å². The molecule has 1 aromatic heterocycles. The Hall–Kier alpha value is -2.21. The zero-order valence-electron chi connectivity index (χ0n) is 15.0. The Morgan fingerprint density at radius 2 is 2.08 bits per heavy atom. The largest absolute Gasteiger partial charge is 0.367 e. The van der Waals surface area contributed by atoms with Crippen molar-refractivity contribution in [3.05, 3.63) is 47.6 Å². The highest BCUT2D eigenvalue weighted by Crippen LogP contribution is 2.28. The molecular weight excluding hydrogens is 318 g/mol. The van der Waals surface area contributed by atoms with E-state index in [1.54, 1.807) is 7.11 Å². The molecule has 1 saturated heterocycles. The van der Waals surface area contributed by atoms with Crippen molar-refractivity contribution in [1.82, 2.24) is 15.0 Å². The molecule has 134 valence electrons. The Morgan fingerprint density at radius 3 is 2.72 bits per heavy atom. The number of nitrogens with zero attached hydrogens (tertiary/aromatic N) is 3. The topological polar surface area (TPSA) is 68.5 Å². The van der Waals surface area contributed by atoms with Gasteiger partial charge >= 0.3 is 0 Å². The Bertz CT molecular complexity index is 699. The smallest absolute Gasteiger partial charge is 0.256 e. The lowest BCUT2D eigenvalue weighted by atomic mass is 9.96. The van der Waals surface area contributed by atoms with E-state index in [9.17, 15) is 4.79 Å². The van der Waals surface area contributed by atoms with E-state index in [1.807, 2.05) is 49.1 Å². The summed E-state index contributed by atoms with van der Waals surface area (Å²) in [5, 5.41) is 4.12. The van der Waals surface area contributed by atoms with Crippen LogP contribution in [0.2, 0.25) is 0 Å². The van der Waals surface area contributed by atoms with Crippen molar-refractivity contribution in [3.8, 4) is 0 Å². The number of ether oxygens (including phenoxy) is 1. The number of aromatic nitrogens is 2. The summed E-state index contributed by atoms with van der Waals surface area (Å²) in [6.45, 7) is 5.38. The van der Waals surface area contributed by atoms with Gasteiger partial charge in [-0.3, -0.25) is 4.79 Å². The first kappa shape index (κ1) is 17.6. The molecule has 1 aromatic carbocycles. The molecule has 0 bridgehead atoms. The molecule has 6 heteroatoms. The molecule has 2 heterocycles. The van der Waals surface area contributed by atoms with Crippen LogP contribution in [0.1, 0.15) is 61.9 Å². The van der Waals surface area contributed by atoms with Gasteiger partial charge in [0, 0.05) is 32.0 Å². The van der Waals surface area contributed by atoms with Gasteiger partial charge in [-0.05, 0) is 18.4 Å². The fraction of sp³-hybridized carbons (Fsp3) is 0.526. The normalized spacial score (nSPS) is 19.2. The highest BCUT2D eigenvalue weighted by atomic mass is 16.5. The Labute approximate surface area is 148 Å². The van der Waals surface area contributed by atoms with Crippen LogP contribution in [-0.2, 0) is 9.53 Å². The van der Waals surface area contributed by atoms with Gasteiger partial charge in [0.1, 0.15) is 0 Å². The highest BCUT2D eigenvalue weighted by molar-refractivity contribution is 5.82. The van der Waals surface area contributed by atoms with Crippen molar-refractivity contribution in [2.75, 3.05) is 20.2 Å². The lowest BCUT2D eigenvalue weighted by molar-refractivity contribution is -0.143. The van der Waals surface area contributed by atoms with E-state index in [0.717, 1.165) is 24.9 Å². The number of piperidine rings is 1. The third-order valence-electron chi connectivity index (χ3n) is 4.61. The summed E-state index contributed by atoms with van der Waals surface area (Å²) in [5.74, 6) is 1.67.